The number of hydrogen-bond donors (Lipinski definition) is 1. The molecule has 2 amide bonds. The van der Waals surface area contributed by atoms with Gasteiger partial charge >= 0.3 is 0 Å². The summed E-state index contributed by atoms with van der Waals surface area (Å²) >= 11 is 0. The number of amides is 2. The lowest BCUT2D eigenvalue weighted by molar-refractivity contribution is -0.138. The number of piperidine rings is 1. The molecule has 2 saturated heterocycles. The molecule has 4 aliphatic rings. The molecule has 0 bridgehead atoms. The van der Waals surface area contributed by atoms with Crippen LogP contribution in [0.3, 0.4) is 0 Å². The van der Waals surface area contributed by atoms with Crippen LogP contribution >= 0.6 is 0 Å². The number of allylic oxidation sites excluding steroid dienone is 1. The topological polar surface area (TPSA) is 78.4 Å². The highest BCUT2D eigenvalue weighted by molar-refractivity contribution is 5.92. The standard InChI is InChI=1S/C38H45N5O2/c1-4-38(16-17-38)36(45)43-19-14-30(15-20-43)34-39-18-13-32(41-34)35(44)40-23-27-7-11-29(12-8-27)33(28-9-5-26(2)6-10-28)31-21-37(22-31)24-42(3)25-37/h5-13,18,30H,4,14-17,19-25H2,1-3H3,(H,40,44). The van der Waals surface area contributed by atoms with Crippen LogP contribution in [0, 0.1) is 17.8 Å². The van der Waals surface area contributed by atoms with E-state index in [0.29, 0.717) is 29.4 Å². The number of likely N-dealkylation sites (tertiary alicyclic amines) is 2. The van der Waals surface area contributed by atoms with Crippen LogP contribution in [-0.4, -0.2) is 64.8 Å². The Hall–Kier alpha value is -3.84. The summed E-state index contributed by atoms with van der Waals surface area (Å²) in [5.74, 6) is 1.01. The molecule has 7 nitrogen and oxygen atoms in total. The van der Waals surface area contributed by atoms with E-state index in [1.165, 1.54) is 48.2 Å². The van der Waals surface area contributed by atoms with Gasteiger partial charge in [0, 0.05) is 55.7 Å². The highest BCUT2D eigenvalue weighted by Gasteiger charge is 2.50. The number of benzene rings is 2. The van der Waals surface area contributed by atoms with Gasteiger partial charge in [-0.3, -0.25) is 9.59 Å². The van der Waals surface area contributed by atoms with Crippen LogP contribution < -0.4 is 5.32 Å². The number of nitrogens with one attached hydrogen (secondary N) is 1. The van der Waals surface area contributed by atoms with E-state index in [2.05, 4.69) is 89.6 Å². The molecule has 3 aromatic rings. The van der Waals surface area contributed by atoms with Crippen molar-refractivity contribution in [3.63, 3.8) is 0 Å². The van der Waals surface area contributed by atoms with Crippen molar-refractivity contribution in [2.75, 3.05) is 33.2 Å². The Morgan fingerprint density at radius 3 is 2.18 bits per heavy atom. The molecule has 7 rings (SSSR count). The fourth-order valence-corrected chi connectivity index (χ4v) is 7.95. The quantitative estimate of drug-likeness (QED) is 0.335. The van der Waals surface area contributed by atoms with Gasteiger partial charge in [0.05, 0.1) is 0 Å². The normalized spacial score (nSPS) is 20.3. The molecular weight excluding hydrogens is 558 g/mol. The molecule has 1 aromatic heterocycles. The summed E-state index contributed by atoms with van der Waals surface area (Å²) < 4.78 is 0. The van der Waals surface area contributed by atoms with Gasteiger partial charge in [0.1, 0.15) is 11.5 Å². The smallest absolute Gasteiger partial charge is 0.270 e. The zero-order valence-electron chi connectivity index (χ0n) is 26.9. The van der Waals surface area contributed by atoms with Crippen molar-refractivity contribution in [3.8, 4) is 0 Å². The van der Waals surface area contributed by atoms with Gasteiger partial charge in [0.2, 0.25) is 5.91 Å². The summed E-state index contributed by atoms with van der Waals surface area (Å²) in [6.45, 7) is 8.56. The van der Waals surface area contributed by atoms with E-state index < -0.39 is 0 Å². The molecule has 0 radical (unpaired) electrons. The van der Waals surface area contributed by atoms with Crippen molar-refractivity contribution in [2.24, 2.45) is 10.8 Å². The Morgan fingerprint density at radius 2 is 1.58 bits per heavy atom. The fourth-order valence-electron chi connectivity index (χ4n) is 7.95. The number of aromatic nitrogens is 2. The Morgan fingerprint density at radius 1 is 0.933 bits per heavy atom. The van der Waals surface area contributed by atoms with E-state index in [1.807, 2.05) is 4.90 Å². The molecule has 1 spiro atoms. The van der Waals surface area contributed by atoms with Gasteiger partial charge in [-0.05, 0) is 87.2 Å². The Labute approximate surface area is 267 Å². The zero-order chi connectivity index (χ0) is 31.2. The highest BCUT2D eigenvalue weighted by atomic mass is 16.2. The number of nitrogens with zero attached hydrogens (tertiary/aromatic N) is 4. The number of carbonyl (C=O) groups excluding carboxylic acids is 2. The Balaban J connectivity index is 0.976. The third-order valence-electron chi connectivity index (χ3n) is 10.8. The molecule has 4 fully saturated rings. The molecule has 2 aliphatic carbocycles. The second-order valence-electron chi connectivity index (χ2n) is 14.3. The van der Waals surface area contributed by atoms with Gasteiger partial charge in [-0.2, -0.15) is 0 Å². The molecule has 2 aromatic carbocycles. The maximum atomic E-state index is 13.1. The lowest BCUT2D eigenvalue weighted by atomic mass is 9.59. The number of carbonyl (C=O) groups is 2. The Bertz CT molecular complexity index is 1600. The predicted molar refractivity (Wildman–Crippen MR) is 177 cm³/mol. The monoisotopic (exact) mass is 603 g/mol. The van der Waals surface area contributed by atoms with Crippen LogP contribution in [0.25, 0.3) is 5.57 Å². The molecular formula is C38H45N5O2. The summed E-state index contributed by atoms with van der Waals surface area (Å²) in [5.41, 5.74) is 8.55. The third kappa shape index (κ3) is 5.95. The molecule has 2 saturated carbocycles. The largest absolute Gasteiger partial charge is 0.347 e. The fraction of sp³-hybridized carbons (Fsp3) is 0.474. The maximum Gasteiger partial charge on any atom is 0.270 e. The van der Waals surface area contributed by atoms with Gasteiger partial charge in [-0.25, -0.2) is 9.97 Å². The molecule has 234 valence electrons. The molecule has 2 aliphatic heterocycles. The van der Waals surface area contributed by atoms with Crippen molar-refractivity contribution in [1.29, 1.82) is 0 Å². The van der Waals surface area contributed by atoms with E-state index in [9.17, 15) is 9.59 Å². The third-order valence-corrected chi connectivity index (χ3v) is 10.8. The minimum absolute atomic E-state index is 0.0879. The number of hydrogen-bond acceptors (Lipinski definition) is 5. The summed E-state index contributed by atoms with van der Waals surface area (Å²) in [7, 11) is 2.21. The zero-order valence-corrected chi connectivity index (χ0v) is 26.9. The van der Waals surface area contributed by atoms with Gasteiger partial charge in [-0.1, -0.05) is 66.6 Å². The first-order valence-corrected chi connectivity index (χ1v) is 16.7. The summed E-state index contributed by atoms with van der Waals surface area (Å²) in [4.78, 5) is 39.7. The van der Waals surface area contributed by atoms with Gasteiger partial charge in [0.15, 0.2) is 0 Å². The molecule has 7 heteroatoms. The van der Waals surface area contributed by atoms with Crippen molar-refractivity contribution < 1.29 is 9.59 Å². The first kappa shape index (κ1) is 29.8. The van der Waals surface area contributed by atoms with Crippen LogP contribution in [0.2, 0.25) is 0 Å². The highest BCUT2D eigenvalue weighted by Crippen LogP contribution is 2.54. The minimum atomic E-state index is -0.193. The SMILES string of the molecule is CCC1(C(=O)N2CCC(c3nccc(C(=O)NCc4ccc(C(=C5CC6(C5)CN(C)C6)c5ccc(C)cc5)cc4)n3)CC2)CC1. The van der Waals surface area contributed by atoms with Gasteiger partial charge in [-0.15, -0.1) is 0 Å². The second-order valence-corrected chi connectivity index (χ2v) is 14.3. The molecule has 45 heavy (non-hydrogen) atoms. The van der Waals surface area contributed by atoms with Crippen LogP contribution in [0.1, 0.15) is 96.4 Å². The van der Waals surface area contributed by atoms with Crippen LogP contribution in [-0.2, 0) is 11.3 Å². The molecule has 0 unspecified atom stereocenters. The Kier molecular flexibility index (Phi) is 7.84. The predicted octanol–water partition coefficient (Wildman–Crippen LogP) is 6.14. The number of rotatable bonds is 8. The van der Waals surface area contributed by atoms with E-state index in [-0.39, 0.29) is 17.2 Å². The van der Waals surface area contributed by atoms with E-state index in [1.54, 1.807) is 17.8 Å². The van der Waals surface area contributed by atoms with E-state index >= 15 is 0 Å². The summed E-state index contributed by atoms with van der Waals surface area (Å²) in [5, 5.41) is 3.06. The van der Waals surface area contributed by atoms with Gasteiger partial charge in [0.25, 0.3) is 5.91 Å². The molecule has 3 heterocycles. The number of aryl methyl sites for hydroxylation is 1. The molecule has 1 N–H and O–H groups in total. The van der Waals surface area contributed by atoms with Crippen molar-refractivity contribution in [3.05, 3.63) is 100 Å². The average Bonchev–Trinajstić information content (AvgIpc) is 3.84. The first-order chi connectivity index (χ1) is 21.8. The van der Waals surface area contributed by atoms with Gasteiger partial charge < -0.3 is 15.1 Å². The molecule has 0 atom stereocenters. The van der Waals surface area contributed by atoms with Crippen molar-refractivity contribution in [1.82, 2.24) is 25.1 Å². The lowest BCUT2D eigenvalue weighted by Crippen LogP contribution is -2.58. The lowest BCUT2D eigenvalue weighted by Gasteiger charge is -2.56. The average molecular weight is 604 g/mol. The van der Waals surface area contributed by atoms with Crippen LogP contribution in [0.15, 0.2) is 66.4 Å². The van der Waals surface area contributed by atoms with Crippen molar-refractivity contribution >= 4 is 17.4 Å². The van der Waals surface area contributed by atoms with E-state index in [0.717, 1.165) is 50.8 Å². The van der Waals surface area contributed by atoms with Crippen LogP contribution in [0.5, 0.6) is 0 Å². The minimum Gasteiger partial charge on any atom is -0.347 e. The second kappa shape index (κ2) is 11.8. The summed E-state index contributed by atoms with van der Waals surface area (Å²) in [6.07, 6.45) is 8.69. The summed E-state index contributed by atoms with van der Waals surface area (Å²) in [6, 6.07) is 19.2. The van der Waals surface area contributed by atoms with Crippen molar-refractivity contribution in [2.45, 2.75) is 71.3 Å². The van der Waals surface area contributed by atoms with Crippen LogP contribution in [0.4, 0.5) is 0 Å². The maximum absolute atomic E-state index is 13.1. The van der Waals surface area contributed by atoms with E-state index in [4.69, 9.17) is 0 Å². The first-order valence-electron chi connectivity index (χ1n) is 16.7.